The number of nitrogens with two attached hydrogens (primary N) is 1. The van der Waals surface area contributed by atoms with Gasteiger partial charge in [0.05, 0.1) is 0 Å². The van der Waals surface area contributed by atoms with E-state index in [4.69, 9.17) is 10.8 Å². The number of ketones is 1. The zero-order chi connectivity index (χ0) is 10.6. The van der Waals surface area contributed by atoms with Crippen LogP contribution in [-0.4, -0.2) is 17.5 Å². The maximum atomic E-state index is 11.6. The van der Waals surface area contributed by atoms with Crippen LogP contribution in [0.25, 0.3) is 0 Å². The van der Waals surface area contributed by atoms with E-state index in [1.807, 2.05) is 0 Å². The Morgan fingerprint density at radius 1 is 1.50 bits per heavy atom. The molecule has 0 aromatic heterocycles. The fourth-order valence-corrected chi connectivity index (χ4v) is 1.51. The fraction of sp³-hybridized carbons (Fsp3) is 0.300. The van der Waals surface area contributed by atoms with Crippen molar-refractivity contribution < 1.29 is 9.90 Å². The van der Waals surface area contributed by atoms with Crippen LogP contribution in [0.1, 0.15) is 23.2 Å². The second-order valence-corrected chi connectivity index (χ2v) is 3.90. The minimum atomic E-state index is -0.0298. The Morgan fingerprint density at radius 3 is 2.86 bits per heavy atom. The average molecular weight is 258 g/mol. The van der Waals surface area contributed by atoms with Gasteiger partial charge in [-0.15, -0.1) is 0 Å². The Bertz CT molecular complexity index is 339. The first-order valence-electron chi connectivity index (χ1n) is 4.34. The number of rotatable bonds is 4. The quantitative estimate of drug-likeness (QED) is 0.641. The molecule has 0 saturated carbocycles. The number of carbonyl (C=O) groups is 1. The van der Waals surface area contributed by atoms with Crippen molar-refractivity contribution in [3.05, 3.63) is 28.2 Å². The molecule has 1 aromatic rings. The topological polar surface area (TPSA) is 63.3 Å². The summed E-state index contributed by atoms with van der Waals surface area (Å²) in [4.78, 5) is 11.6. The van der Waals surface area contributed by atoms with Gasteiger partial charge in [0.25, 0.3) is 0 Å². The van der Waals surface area contributed by atoms with E-state index in [9.17, 15) is 4.79 Å². The first-order chi connectivity index (χ1) is 6.65. The number of hydrogen-bond donors (Lipinski definition) is 2. The minimum Gasteiger partial charge on any atom is -0.398 e. The molecule has 0 spiro atoms. The van der Waals surface area contributed by atoms with Crippen molar-refractivity contribution in [1.82, 2.24) is 0 Å². The van der Waals surface area contributed by atoms with Crippen molar-refractivity contribution in [3.8, 4) is 0 Å². The smallest absolute Gasteiger partial charge is 0.165 e. The third-order valence-electron chi connectivity index (χ3n) is 1.88. The maximum absolute atomic E-state index is 11.6. The van der Waals surface area contributed by atoms with E-state index in [0.29, 0.717) is 24.1 Å². The molecule has 0 heterocycles. The molecule has 4 heteroatoms. The van der Waals surface area contributed by atoms with Gasteiger partial charge in [0, 0.05) is 28.8 Å². The van der Waals surface area contributed by atoms with Crippen molar-refractivity contribution in [2.45, 2.75) is 12.8 Å². The first kappa shape index (κ1) is 11.2. The Labute approximate surface area is 91.1 Å². The number of anilines is 1. The van der Waals surface area contributed by atoms with E-state index in [1.165, 1.54) is 0 Å². The van der Waals surface area contributed by atoms with Gasteiger partial charge in [0.15, 0.2) is 5.78 Å². The number of nitrogen functional groups attached to an aromatic ring is 1. The van der Waals surface area contributed by atoms with E-state index >= 15 is 0 Å². The van der Waals surface area contributed by atoms with Crippen LogP contribution in [0, 0.1) is 0 Å². The predicted molar refractivity (Wildman–Crippen MR) is 59.2 cm³/mol. The standard InChI is InChI=1S/C10H12BrNO2/c11-7-3-4-9(12)8(6-7)10(14)2-1-5-13/h3-4,6,13H,1-2,5,12H2. The van der Waals surface area contributed by atoms with Crippen molar-refractivity contribution >= 4 is 27.4 Å². The zero-order valence-corrected chi connectivity index (χ0v) is 9.25. The molecule has 0 aliphatic heterocycles. The highest BCUT2D eigenvalue weighted by atomic mass is 79.9. The van der Waals surface area contributed by atoms with Crippen LogP contribution < -0.4 is 5.73 Å². The lowest BCUT2D eigenvalue weighted by molar-refractivity contribution is 0.0972. The van der Waals surface area contributed by atoms with Crippen molar-refractivity contribution in [3.63, 3.8) is 0 Å². The van der Waals surface area contributed by atoms with E-state index < -0.39 is 0 Å². The monoisotopic (exact) mass is 257 g/mol. The van der Waals surface area contributed by atoms with Crippen LogP contribution in [-0.2, 0) is 0 Å². The predicted octanol–water partition coefficient (Wildman–Crippen LogP) is 1.99. The molecule has 14 heavy (non-hydrogen) atoms. The number of Topliss-reactive ketones (excluding diaryl/α,β-unsaturated/α-hetero) is 1. The Hall–Kier alpha value is -0.870. The molecule has 0 unspecified atom stereocenters. The number of hydrogen-bond acceptors (Lipinski definition) is 3. The second kappa shape index (κ2) is 5.12. The van der Waals surface area contributed by atoms with E-state index in [1.54, 1.807) is 18.2 Å². The minimum absolute atomic E-state index is 0.0274. The number of benzene rings is 1. The lowest BCUT2D eigenvalue weighted by Gasteiger charge is -2.04. The Balaban J connectivity index is 2.83. The Kier molecular flexibility index (Phi) is 4.10. The zero-order valence-electron chi connectivity index (χ0n) is 7.66. The van der Waals surface area contributed by atoms with Gasteiger partial charge >= 0.3 is 0 Å². The SMILES string of the molecule is Nc1ccc(Br)cc1C(=O)CCCO. The van der Waals surface area contributed by atoms with Gasteiger partial charge in [0.2, 0.25) is 0 Å². The molecule has 0 amide bonds. The maximum Gasteiger partial charge on any atom is 0.165 e. The highest BCUT2D eigenvalue weighted by molar-refractivity contribution is 9.10. The number of aliphatic hydroxyl groups is 1. The summed E-state index contributed by atoms with van der Waals surface area (Å²) in [7, 11) is 0. The molecule has 1 aromatic carbocycles. The highest BCUT2D eigenvalue weighted by Gasteiger charge is 2.09. The molecule has 0 bridgehead atoms. The number of halogens is 1. The number of carbonyl (C=O) groups excluding carboxylic acids is 1. The van der Waals surface area contributed by atoms with E-state index in [0.717, 1.165) is 4.47 Å². The van der Waals surface area contributed by atoms with E-state index in [2.05, 4.69) is 15.9 Å². The second-order valence-electron chi connectivity index (χ2n) is 2.98. The summed E-state index contributed by atoms with van der Waals surface area (Å²) in [6, 6.07) is 5.18. The molecular formula is C10H12BrNO2. The van der Waals surface area contributed by atoms with Crippen LogP contribution in [0.5, 0.6) is 0 Å². The lowest BCUT2D eigenvalue weighted by atomic mass is 10.1. The van der Waals surface area contributed by atoms with Gasteiger partial charge < -0.3 is 10.8 Å². The lowest BCUT2D eigenvalue weighted by Crippen LogP contribution is -2.04. The molecule has 3 N–H and O–H groups in total. The van der Waals surface area contributed by atoms with Crippen LogP contribution in [0.15, 0.2) is 22.7 Å². The molecule has 0 atom stereocenters. The Morgan fingerprint density at radius 2 is 2.21 bits per heavy atom. The molecule has 0 radical (unpaired) electrons. The summed E-state index contributed by atoms with van der Waals surface area (Å²) in [5, 5.41) is 8.59. The molecule has 3 nitrogen and oxygen atoms in total. The molecule has 1 rings (SSSR count). The molecule has 0 aliphatic carbocycles. The molecular weight excluding hydrogens is 246 g/mol. The van der Waals surface area contributed by atoms with Crippen molar-refractivity contribution in [1.29, 1.82) is 0 Å². The molecule has 76 valence electrons. The van der Waals surface area contributed by atoms with Crippen LogP contribution in [0.3, 0.4) is 0 Å². The van der Waals surface area contributed by atoms with Gasteiger partial charge in [-0.1, -0.05) is 15.9 Å². The highest BCUT2D eigenvalue weighted by Crippen LogP contribution is 2.20. The van der Waals surface area contributed by atoms with Crippen LogP contribution >= 0.6 is 15.9 Å². The van der Waals surface area contributed by atoms with Gasteiger partial charge in [0.1, 0.15) is 0 Å². The molecule has 0 saturated heterocycles. The summed E-state index contributed by atoms with van der Waals surface area (Å²) < 4.78 is 0.832. The fourth-order valence-electron chi connectivity index (χ4n) is 1.14. The summed E-state index contributed by atoms with van der Waals surface area (Å²) in [5.41, 5.74) is 6.66. The van der Waals surface area contributed by atoms with Gasteiger partial charge in [-0.3, -0.25) is 4.79 Å². The van der Waals surface area contributed by atoms with Crippen LogP contribution in [0.2, 0.25) is 0 Å². The molecule has 0 aliphatic rings. The largest absolute Gasteiger partial charge is 0.398 e. The summed E-state index contributed by atoms with van der Waals surface area (Å²) in [6.07, 6.45) is 0.807. The average Bonchev–Trinajstić information content (AvgIpc) is 2.18. The van der Waals surface area contributed by atoms with Gasteiger partial charge in [-0.2, -0.15) is 0 Å². The van der Waals surface area contributed by atoms with E-state index in [-0.39, 0.29) is 12.4 Å². The van der Waals surface area contributed by atoms with Crippen molar-refractivity contribution in [2.24, 2.45) is 0 Å². The number of aliphatic hydroxyl groups excluding tert-OH is 1. The van der Waals surface area contributed by atoms with Gasteiger partial charge in [-0.05, 0) is 24.6 Å². The summed E-state index contributed by atoms with van der Waals surface area (Å²) in [5.74, 6) is -0.0298. The van der Waals surface area contributed by atoms with Gasteiger partial charge in [-0.25, -0.2) is 0 Å². The third-order valence-corrected chi connectivity index (χ3v) is 2.37. The molecule has 0 fully saturated rings. The summed E-state index contributed by atoms with van der Waals surface area (Å²) in [6.45, 7) is 0.0274. The third kappa shape index (κ3) is 2.82. The summed E-state index contributed by atoms with van der Waals surface area (Å²) >= 11 is 3.28. The first-order valence-corrected chi connectivity index (χ1v) is 5.13. The van der Waals surface area contributed by atoms with Crippen molar-refractivity contribution in [2.75, 3.05) is 12.3 Å². The van der Waals surface area contributed by atoms with Crippen LogP contribution in [0.4, 0.5) is 5.69 Å². The normalized spacial score (nSPS) is 10.1.